The summed E-state index contributed by atoms with van der Waals surface area (Å²) in [5.41, 5.74) is 1.21. The Labute approximate surface area is 157 Å². The fourth-order valence-electron chi connectivity index (χ4n) is 3.84. The quantitative estimate of drug-likeness (QED) is 0.660. The molecule has 0 saturated carbocycles. The predicted octanol–water partition coefficient (Wildman–Crippen LogP) is 2.41. The average Bonchev–Trinajstić information content (AvgIpc) is 2.65. The minimum atomic E-state index is -0.125. The van der Waals surface area contributed by atoms with Crippen LogP contribution in [0.2, 0.25) is 0 Å². The van der Waals surface area contributed by atoms with Crippen LogP contribution in [0, 0.1) is 5.92 Å². The Hall–Kier alpha value is -1.79. The van der Waals surface area contributed by atoms with Gasteiger partial charge in [0.05, 0.1) is 21.3 Å². The normalized spacial score (nSPS) is 20.8. The average molecular weight is 364 g/mol. The van der Waals surface area contributed by atoms with Crippen molar-refractivity contribution in [3.05, 3.63) is 23.8 Å². The summed E-state index contributed by atoms with van der Waals surface area (Å²) < 4.78 is 15.5. The summed E-state index contributed by atoms with van der Waals surface area (Å²) in [5.74, 6) is 1.84. The number of piperidine rings is 1. The molecule has 6 nitrogen and oxygen atoms in total. The van der Waals surface area contributed by atoms with Crippen LogP contribution in [0.4, 0.5) is 0 Å². The largest absolute Gasteiger partial charge is 0.493 e. The first kappa shape index (κ1) is 20.5. The molecule has 1 aromatic rings. The third kappa shape index (κ3) is 5.35. The van der Waals surface area contributed by atoms with Gasteiger partial charge in [0.15, 0.2) is 11.5 Å². The number of hydrogen-bond acceptors (Lipinski definition) is 6. The van der Waals surface area contributed by atoms with Crippen molar-refractivity contribution in [3.63, 3.8) is 0 Å². The van der Waals surface area contributed by atoms with Gasteiger partial charge in [0.25, 0.3) is 0 Å². The zero-order valence-corrected chi connectivity index (χ0v) is 16.7. The standard InChI is InChI=1S/C20H32N2O4/c1-21(2)17-10-11-22(14-16(17)7-9-20(23)26-5)13-15-6-8-18(24-3)19(12-15)25-4/h6,8,12,16-17H,7,9-11,13-14H2,1-5H3/t16-,17+/m0/s1. The smallest absolute Gasteiger partial charge is 0.305 e. The van der Waals surface area contributed by atoms with Crippen LogP contribution in [0.15, 0.2) is 18.2 Å². The van der Waals surface area contributed by atoms with Crippen LogP contribution in [-0.2, 0) is 16.1 Å². The van der Waals surface area contributed by atoms with Gasteiger partial charge in [-0.3, -0.25) is 9.69 Å². The Balaban J connectivity index is 2.03. The topological polar surface area (TPSA) is 51.2 Å². The molecule has 0 N–H and O–H groups in total. The van der Waals surface area contributed by atoms with Gasteiger partial charge in [0, 0.05) is 25.6 Å². The zero-order valence-electron chi connectivity index (χ0n) is 16.7. The maximum atomic E-state index is 11.6. The minimum absolute atomic E-state index is 0.125. The first-order valence-corrected chi connectivity index (χ1v) is 9.15. The van der Waals surface area contributed by atoms with E-state index in [0.29, 0.717) is 18.4 Å². The Morgan fingerprint density at radius 2 is 1.92 bits per heavy atom. The van der Waals surface area contributed by atoms with Crippen LogP contribution in [0.5, 0.6) is 11.5 Å². The van der Waals surface area contributed by atoms with E-state index in [1.807, 2.05) is 12.1 Å². The van der Waals surface area contributed by atoms with Gasteiger partial charge in [-0.25, -0.2) is 0 Å². The van der Waals surface area contributed by atoms with Crippen molar-refractivity contribution in [2.24, 2.45) is 5.92 Å². The lowest BCUT2D eigenvalue weighted by atomic mass is 9.87. The van der Waals surface area contributed by atoms with E-state index in [9.17, 15) is 4.79 Å². The van der Waals surface area contributed by atoms with Crippen molar-refractivity contribution in [3.8, 4) is 11.5 Å². The Morgan fingerprint density at radius 1 is 1.19 bits per heavy atom. The number of carbonyl (C=O) groups is 1. The number of esters is 1. The van der Waals surface area contributed by atoms with E-state index in [1.165, 1.54) is 12.7 Å². The highest BCUT2D eigenvalue weighted by molar-refractivity contribution is 5.69. The zero-order chi connectivity index (χ0) is 19.1. The lowest BCUT2D eigenvalue weighted by molar-refractivity contribution is -0.141. The molecule has 1 saturated heterocycles. The molecular formula is C20H32N2O4. The third-order valence-corrected chi connectivity index (χ3v) is 5.24. The van der Waals surface area contributed by atoms with Gasteiger partial charge in [0.1, 0.15) is 0 Å². The van der Waals surface area contributed by atoms with Crippen LogP contribution in [0.25, 0.3) is 0 Å². The highest BCUT2D eigenvalue weighted by atomic mass is 16.5. The van der Waals surface area contributed by atoms with Crippen molar-refractivity contribution >= 4 is 5.97 Å². The number of benzene rings is 1. The molecule has 0 radical (unpaired) electrons. The molecule has 0 unspecified atom stereocenters. The Kier molecular flexibility index (Phi) is 7.72. The van der Waals surface area contributed by atoms with Crippen LogP contribution in [0.1, 0.15) is 24.8 Å². The van der Waals surface area contributed by atoms with E-state index in [2.05, 4.69) is 30.0 Å². The molecule has 1 fully saturated rings. The molecule has 146 valence electrons. The van der Waals surface area contributed by atoms with Crippen LogP contribution in [-0.4, -0.2) is 70.3 Å². The van der Waals surface area contributed by atoms with Crippen LogP contribution >= 0.6 is 0 Å². The molecule has 2 rings (SSSR count). The number of hydrogen-bond donors (Lipinski definition) is 0. The van der Waals surface area contributed by atoms with Crippen molar-refractivity contribution in [2.75, 3.05) is 48.5 Å². The fraction of sp³-hybridized carbons (Fsp3) is 0.650. The summed E-state index contributed by atoms with van der Waals surface area (Å²) in [7, 11) is 9.01. The number of likely N-dealkylation sites (tertiary alicyclic amines) is 1. The fourth-order valence-corrected chi connectivity index (χ4v) is 3.84. The van der Waals surface area contributed by atoms with E-state index in [-0.39, 0.29) is 5.97 Å². The molecule has 6 heteroatoms. The molecule has 26 heavy (non-hydrogen) atoms. The maximum absolute atomic E-state index is 11.6. The van der Waals surface area contributed by atoms with Gasteiger partial charge in [-0.2, -0.15) is 0 Å². The van der Waals surface area contributed by atoms with Gasteiger partial charge < -0.3 is 19.1 Å². The monoisotopic (exact) mass is 364 g/mol. The van der Waals surface area contributed by atoms with E-state index in [0.717, 1.165) is 44.0 Å². The van der Waals surface area contributed by atoms with Gasteiger partial charge in [-0.05, 0) is 57.1 Å². The second-order valence-corrected chi connectivity index (χ2v) is 7.12. The van der Waals surface area contributed by atoms with E-state index in [1.54, 1.807) is 14.2 Å². The van der Waals surface area contributed by atoms with Gasteiger partial charge in [-0.1, -0.05) is 6.07 Å². The number of rotatable bonds is 8. The molecule has 0 bridgehead atoms. The van der Waals surface area contributed by atoms with Crippen molar-refractivity contribution < 1.29 is 19.0 Å². The molecule has 2 atom stereocenters. The Bertz CT molecular complexity index is 591. The van der Waals surface area contributed by atoms with Gasteiger partial charge in [-0.15, -0.1) is 0 Å². The predicted molar refractivity (Wildman–Crippen MR) is 102 cm³/mol. The molecule has 0 aliphatic carbocycles. The van der Waals surface area contributed by atoms with E-state index >= 15 is 0 Å². The van der Waals surface area contributed by atoms with Crippen LogP contribution in [0.3, 0.4) is 0 Å². The first-order chi connectivity index (χ1) is 12.5. The molecule has 1 heterocycles. The lowest BCUT2D eigenvalue weighted by Gasteiger charge is -2.41. The number of carbonyl (C=O) groups excluding carboxylic acids is 1. The summed E-state index contributed by atoms with van der Waals surface area (Å²) in [6.07, 6.45) is 2.44. The highest BCUT2D eigenvalue weighted by Crippen LogP contribution is 2.30. The molecular weight excluding hydrogens is 332 g/mol. The van der Waals surface area contributed by atoms with E-state index in [4.69, 9.17) is 14.2 Å². The molecule has 0 aromatic heterocycles. The summed E-state index contributed by atoms with van der Waals surface area (Å²) in [6.45, 7) is 2.90. The number of nitrogens with zero attached hydrogens (tertiary/aromatic N) is 2. The first-order valence-electron chi connectivity index (χ1n) is 9.15. The second kappa shape index (κ2) is 9.78. The molecule has 1 aliphatic rings. The minimum Gasteiger partial charge on any atom is -0.493 e. The van der Waals surface area contributed by atoms with Gasteiger partial charge >= 0.3 is 5.97 Å². The number of methoxy groups -OCH3 is 3. The molecule has 1 aliphatic heterocycles. The summed E-state index contributed by atoms with van der Waals surface area (Å²) in [6, 6.07) is 6.58. The SMILES string of the molecule is COC(=O)CC[C@H]1CN(Cc2ccc(OC)c(OC)c2)CC[C@H]1N(C)C. The highest BCUT2D eigenvalue weighted by Gasteiger charge is 2.31. The molecule has 0 spiro atoms. The van der Waals surface area contributed by atoms with E-state index < -0.39 is 0 Å². The second-order valence-electron chi connectivity index (χ2n) is 7.12. The number of ether oxygens (including phenoxy) is 3. The van der Waals surface area contributed by atoms with Crippen molar-refractivity contribution in [1.29, 1.82) is 0 Å². The van der Waals surface area contributed by atoms with Gasteiger partial charge in [0.2, 0.25) is 0 Å². The van der Waals surface area contributed by atoms with Crippen molar-refractivity contribution in [1.82, 2.24) is 9.80 Å². The maximum Gasteiger partial charge on any atom is 0.305 e. The molecule has 1 aromatic carbocycles. The third-order valence-electron chi connectivity index (χ3n) is 5.24. The summed E-state index contributed by atoms with van der Waals surface area (Å²) in [5, 5.41) is 0. The summed E-state index contributed by atoms with van der Waals surface area (Å²) in [4.78, 5) is 16.3. The lowest BCUT2D eigenvalue weighted by Crippen LogP contribution is -2.48. The molecule has 0 amide bonds. The Morgan fingerprint density at radius 3 is 2.54 bits per heavy atom. The van der Waals surface area contributed by atoms with Crippen LogP contribution < -0.4 is 9.47 Å². The summed E-state index contributed by atoms with van der Waals surface area (Å²) >= 11 is 0. The van der Waals surface area contributed by atoms with Crippen molar-refractivity contribution in [2.45, 2.75) is 31.8 Å².